The van der Waals surface area contributed by atoms with Crippen molar-refractivity contribution in [3.8, 4) is 0 Å². The number of likely N-dealkylation sites (tertiary alicyclic amines) is 1. The van der Waals surface area contributed by atoms with E-state index in [0.29, 0.717) is 23.6 Å². The lowest BCUT2D eigenvalue weighted by Gasteiger charge is -2.31. The van der Waals surface area contributed by atoms with Crippen LogP contribution in [0.25, 0.3) is 0 Å². The normalized spacial score (nSPS) is 16.4. The molecule has 3 rings (SSSR count). The number of anilines is 2. The van der Waals surface area contributed by atoms with Crippen molar-refractivity contribution >= 4 is 45.2 Å². The lowest BCUT2D eigenvalue weighted by molar-refractivity contribution is -0.123. The molecule has 0 aliphatic carbocycles. The summed E-state index contributed by atoms with van der Waals surface area (Å²) in [4.78, 5) is 43.1. The van der Waals surface area contributed by atoms with Crippen LogP contribution < -0.4 is 10.6 Å². The van der Waals surface area contributed by atoms with Gasteiger partial charge in [-0.3, -0.25) is 14.5 Å². The summed E-state index contributed by atoms with van der Waals surface area (Å²) in [6.45, 7) is 3.27. The van der Waals surface area contributed by atoms with Gasteiger partial charge in [-0.2, -0.15) is 0 Å². The Morgan fingerprint density at radius 3 is 2.74 bits per heavy atom. The van der Waals surface area contributed by atoms with Crippen LogP contribution in [0.1, 0.15) is 28.8 Å². The van der Waals surface area contributed by atoms with E-state index < -0.39 is 5.97 Å². The quantitative estimate of drug-likeness (QED) is 0.605. The minimum absolute atomic E-state index is 0.0958. The van der Waals surface area contributed by atoms with E-state index in [1.807, 2.05) is 17.9 Å². The van der Waals surface area contributed by atoms with Crippen molar-refractivity contribution in [2.45, 2.75) is 19.8 Å². The second-order valence-electron chi connectivity index (χ2n) is 7.49. The number of amides is 2. The van der Waals surface area contributed by atoms with Crippen molar-refractivity contribution in [2.24, 2.45) is 5.92 Å². The summed E-state index contributed by atoms with van der Waals surface area (Å²) in [5, 5.41) is 5.70. The van der Waals surface area contributed by atoms with Gasteiger partial charge in [0.05, 0.1) is 25.1 Å². The van der Waals surface area contributed by atoms with Gasteiger partial charge < -0.3 is 15.4 Å². The highest BCUT2D eigenvalue weighted by Gasteiger charge is 2.27. The molecule has 2 N–H and O–H groups in total. The minimum atomic E-state index is -0.458. The fourth-order valence-electron chi connectivity index (χ4n) is 3.49. The first-order valence-electron chi connectivity index (χ1n) is 9.99. The van der Waals surface area contributed by atoms with Gasteiger partial charge in [0.25, 0.3) is 0 Å². The number of piperidine rings is 1. The molecule has 2 amide bonds. The number of pyridine rings is 1. The standard InChI is InChI=1S/C22H25BrN4O4/c1-14-5-6-15(22(30)31-2)10-18(14)25-20(28)13-27-9-3-4-16(12-27)21(29)26-19-8-7-17(23)11-24-19/h5-8,10-11,16H,3-4,9,12-13H2,1-2H3,(H,25,28)(H,24,26,29). The molecule has 2 aromatic rings. The number of hydrogen-bond acceptors (Lipinski definition) is 6. The van der Waals surface area contributed by atoms with Gasteiger partial charge in [0, 0.05) is 22.9 Å². The SMILES string of the molecule is COC(=O)c1ccc(C)c(NC(=O)CN2CCCC(C(=O)Nc3ccc(Br)cn3)C2)c1. The Hall–Kier alpha value is -2.78. The highest BCUT2D eigenvalue weighted by molar-refractivity contribution is 9.10. The maximum atomic E-state index is 12.6. The Morgan fingerprint density at radius 2 is 2.03 bits per heavy atom. The van der Waals surface area contributed by atoms with E-state index in [1.165, 1.54) is 7.11 Å². The average molecular weight is 489 g/mol. The summed E-state index contributed by atoms with van der Waals surface area (Å²) in [5.41, 5.74) is 1.79. The van der Waals surface area contributed by atoms with Crippen LogP contribution >= 0.6 is 15.9 Å². The first kappa shape index (κ1) is 22.9. The molecule has 0 saturated carbocycles. The summed E-state index contributed by atoms with van der Waals surface area (Å²) < 4.78 is 5.58. The van der Waals surface area contributed by atoms with Gasteiger partial charge in [0.1, 0.15) is 5.82 Å². The fraction of sp³-hybridized carbons (Fsp3) is 0.364. The van der Waals surface area contributed by atoms with E-state index in [-0.39, 0.29) is 24.3 Å². The number of nitrogens with zero attached hydrogens (tertiary/aromatic N) is 2. The third kappa shape index (κ3) is 6.35. The molecule has 0 spiro atoms. The molecule has 1 atom stereocenters. The molecule has 0 bridgehead atoms. The molecule has 0 radical (unpaired) electrons. The Labute approximate surface area is 189 Å². The van der Waals surface area contributed by atoms with Crippen molar-refractivity contribution < 1.29 is 19.1 Å². The highest BCUT2D eigenvalue weighted by atomic mass is 79.9. The van der Waals surface area contributed by atoms with E-state index in [9.17, 15) is 14.4 Å². The highest BCUT2D eigenvalue weighted by Crippen LogP contribution is 2.20. The molecule has 1 fully saturated rings. The number of methoxy groups -OCH3 is 1. The molecule has 1 aromatic carbocycles. The molecule has 1 unspecified atom stereocenters. The molecule has 8 nitrogen and oxygen atoms in total. The number of aromatic nitrogens is 1. The second-order valence-corrected chi connectivity index (χ2v) is 8.41. The summed E-state index contributed by atoms with van der Waals surface area (Å²) in [5.74, 6) is -0.455. The topological polar surface area (TPSA) is 101 Å². The minimum Gasteiger partial charge on any atom is -0.465 e. The summed E-state index contributed by atoms with van der Waals surface area (Å²) in [6, 6.07) is 8.58. The number of carbonyl (C=O) groups is 3. The van der Waals surface area contributed by atoms with E-state index in [2.05, 4.69) is 31.5 Å². The van der Waals surface area contributed by atoms with Crippen LogP contribution in [0.2, 0.25) is 0 Å². The van der Waals surface area contributed by atoms with Crippen molar-refractivity contribution in [1.29, 1.82) is 0 Å². The number of halogens is 1. The first-order valence-corrected chi connectivity index (χ1v) is 10.8. The second kappa shape index (κ2) is 10.5. The Kier molecular flexibility index (Phi) is 7.75. The number of benzene rings is 1. The van der Waals surface area contributed by atoms with Gasteiger partial charge in [-0.15, -0.1) is 0 Å². The number of ether oxygens (including phenoxy) is 1. The molecule has 1 aliphatic heterocycles. The maximum absolute atomic E-state index is 12.6. The zero-order chi connectivity index (χ0) is 22.4. The summed E-state index contributed by atoms with van der Waals surface area (Å²) in [7, 11) is 1.32. The Bertz CT molecular complexity index is 964. The molecular formula is C22H25BrN4O4. The van der Waals surface area contributed by atoms with Crippen LogP contribution in [0.3, 0.4) is 0 Å². The summed E-state index contributed by atoms with van der Waals surface area (Å²) >= 11 is 3.32. The van der Waals surface area contributed by atoms with Crippen LogP contribution in [-0.4, -0.2) is 54.4 Å². The Balaban J connectivity index is 1.56. The monoisotopic (exact) mass is 488 g/mol. The van der Waals surface area contributed by atoms with Crippen molar-refractivity contribution in [3.05, 3.63) is 52.1 Å². The van der Waals surface area contributed by atoms with E-state index >= 15 is 0 Å². The predicted octanol–water partition coefficient (Wildman–Crippen LogP) is 3.23. The van der Waals surface area contributed by atoms with E-state index in [0.717, 1.165) is 29.4 Å². The number of rotatable bonds is 6. The third-order valence-corrected chi connectivity index (χ3v) is 5.62. The molecule has 31 heavy (non-hydrogen) atoms. The molecule has 1 saturated heterocycles. The molecule has 2 heterocycles. The van der Waals surface area contributed by atoms with Gasteiger partial charge in [0.15, 0.2) is 0 Å². The number of hydrogen-bond donors (Lipinski definition) is 2. The predicted molar refractivity (Wildman–Crippen MR) is 121 cm³/mol. The smallest absolute Gasteiger partial charge is 0.337 e. The van der Waals surface area contributed by atoms with Gasteiger partial charge in [-0.25, -0.2) is 9.78 Å². The summed E-state index contributed by atoms with van der Waals surface area (Å²) in [6.07, 6.45) is 3.22. The van der Waals surface area contributed by atoms with E-state index in [4.69, 9.17) is 4.74 Å². The maximum Gasteiger partial charge on any atom is 0.337 e. The molecular weight excluding hydrogens is 464 g/mol. The molecule has 9 heteroatoms. The number of carbonyl (C=O) groups excluding carboxylic acids is 3. The van der Waals surface area contributed by atoms with Gasteiger partial charge in [-0.1, -0.05) is 6.07 Å². The number of aryl methyl sites for hydroxylation is 1. The first-order chi connectivity index (χ1) is 14.9. The van der Waals surface area contributed by atoms with Crippen molar-refractivity contribution in [1.82, 2.24) is 9.88 Å². The molecule has 1 aromatic heterocycles. The Morgan fingerprint density at radius 1 is 1.23 bits per heavy atom. The zero-order valence-electron chi connectivity index (χ0n) is 17.5. The lowest BCUT2D eigenvalue weighted by atomic mass is 9.97. The fourth-order valence-corrected chi connectivity index (χ4v) is 3.72. The zero-order valence-corrected chi connectivity index (χ0v) is 19.1. The average Bonchev–Trinajstić information content (AvgIpc) is 2.76. The number of esters is 1. The van der Waals surface area contributed by atoms with Crippen LogP contribution in [0, 0.1) is 12.8 Å². The van der Waals surface area contributed by atoms with E-state index in [1.54, 1.807) is 30.5 Å². The molecule has 164 valence electrons. The van der Waals surface area contributed by atoms with Gasteiger partial charge in [0.2, 0.25) is 11.8 Å². The van der Waals surface area contributed by atoms with Crippen LogP contribution in [0.5, 0.6) is 0 Å². The van der Waals surface area contributed by atoms with Crippen LogP contribution in [-0.2, 0) is 14.3 Å². The van der Waals surface area contributed by atoms with Gasteiger partial charge >= 0.3 is 5.97 Å². The van der Waals surface area contributed by atoms with Crippen LogP contribution in [0.15, 0.2) is 41.0 Å². The largest absolute Gasteiger partial charge is 0.465 e. The van der Waals surface area contributed by atoms with Crippen molar-refractivity contribution in [2.75, 3.05) is 37.4 Å². The van der Waals surface area contributed by atoms with Gasteiger partial charge in [-0.05, 0) is 72.1 Å². The van der Waals surface area contributed by atoms with Crippen LogP contribution in [0.4, 0.5) is 11.5 Å². The van der Waals surface area contributed by atoms with Crippen molar-refractivity contribution in [3.63, 3.8) is 0 Å². The number of nitrogens with one attached hydrogen (secondary N) is 2. The third-order valence-electron chi connectivity index (χ3n) is 5.15. The lowest BCUT2D eigenvalue weighted by Crippen LogP contribution is -2.44. The molecule has 1 aliphatic rings.